The molecule has 3 nitrogen and oxygen atoms in total. The number of nitrogens with zero attached hydrogens (tertiary/aromatic N) is 1. The van der Waals surface area contributed by atoms with Crippen molar-refractivity contribution in [3.63, 3.8) is 0 Å². The Kier molecular flexibility index (Phi) is 6.60. The highest BCUT2D eigenvalue weighted by Gasteiger charge is 2.10. The van der Waals surface area contributed by atoms with Crippen molar-refractivity contribution in [2.75, 3.05) is 26.2 Å². The van der Waals surface area contributed by atoms with Gasteiger partial charge in [0, 0.05) is 11.0 Å². The van der Waals surface area contributed by atoms with E-state index in [2.05, 4.69) is 34.7 Å². The van der Waals surface area contributed by atoms with Crippen LogP contribution in [0, 0.1) is 0 Å². The zero-order valence-corrected chi connectivity index (χ0v) is 13.2. The lowest BCUT2D eigenvalue weighted by Crippen LogP contribution is -2.28. The van der Waals surface area contributed by atoms with Crippen LogP contribution in [0.5, 0.6) is 5.75 Å². The number of benzene rings is 1. The van der Waals surface area contributed by atoms with Crippen LogP contribution in [0.1, 0.15) is 19.4 Å². The first-order valence-corrected chi connectivity index (χ1v) is 7.23. The smallest absolute Gasteiger partial charge is 0.130 e. The fourth-order valence-corrected chi connectivity index (χ4v) is 2.59. The zero-order chi connectivity index (χ0) is 13.5. The minimum atomic E-state index is 0.348. The molecule has 0 aromatic heterocycles. The average molecular weight is 331 g/mol. The molecule has 0 unspecified atom stereocenters. The lowest BCUT2D eigenvalue weighted by molar-refractivity contribution is 0.222. The van der Waals surface area contributed by atoms with Gasteiger partial charge in [-0.05, 0) is 41.2 Å². The highest BCUT2D eigenvalue weighted by Crippen LogP contribution is 2.26. The summed E-state index contributed by atoms with van der Waals surface area (Å²) in [5.41, 5.74) is 6.48. The van der Waals surface area contributed by atoms with Crippen molar-refractivity contribution >= 4 is 33.1 Å². The second kappa shape index (κ2) is 7.71. The number of likely N-dealkylation sites (N-methyl/N-ethyl adjacent to an activating group) is 1. The number of hydrogen-bond donors (Lipinski definition) is 1. The van der Waals surface area contributed by atoms with Crippen LogP contribution in [-0.4, -0.2) is 36.1 Å². The second-order valence-corrected chi connectivity index (χ2v) is 5.15. The van der Waals surface area contributed by atoms with Crippen molar-refractivity contribution in [3.05, 3.63) is 28.2 Å². The summed E-state index contributed by atoms with van der Waals surface area (Å²) >= 11 is 8.48. The van der Waals surface area contributed by atoms with E-state index < -0.39 is 0 Å². The van der Waals surface area contributed by atoms with Gasteiger partial charge >= 0.3 is 0 Å². The molecule has 0 aliphatic carbocycles. The molecule has 0 aliphatic rings. The van der Waals surface area contributed by atoms with E-state index >= 15 is 0 Å². The standard InChI is InChI=1S/C13H19BrN2OS/c1-3-16(4-2)8-9-17-11-7-5-6-10(14)12(11)13(15)18/h5-7H,3-4,8-9H2,1-2H3,(H2,15,18). The van der Waals surface area contributed by atoms with Crippen LogP contribution in [0.15, 0.2) is 22.7 Å². The lowest BCUT2D eigenvalue weighted by Gasteiger charge is -2.19. The number of halogens is 1. The van der Waals surface area contributed by atoms with Crippen molar-refractivity contribution in [3.8, 4) is 5.75 Å². The maximum atomic E-state index is 5.77. The number of thiocarbonyl (C=S) groups is 1. The van der Waals surface area contributed by atoms with Gasteiger partial charge in [-0.3, -0.25) is 0 Å². The Hall–Kier alpha value is -0.650. The van der Waals surface area contributed by atoms with E-state index in [-0.39, 0.29) is 0 Å². The van der Waals surface area contributed by atoms with E-state index in [9.17, 15) is 0 Å². The number of rotatable bonds is 7. The molecule has 0 heterocycles. The van der Waals surface area contributed by atoms with Crippen molar-refractivity contribution in [2.24, 2.45) is 5.73 Å². The SMILES string of the molecule is CCN(CC)CCOc1cccc(Br)c1C(N)=S. The molecule has 0 fully saturated rings. The fraction of sp³-hybridized carbons (Fsp3) is 0.462. The third kappa shape index (κ3) is 4.23. The third-order valence-corrected chi connectivity index (χ3v) is 3.65. The van der Waals surface area contributed by atoms with Gasteiger partial charge in [-0.15, -0.1) is 0 Å². The van der Waals surface area contributed by atoms with Gasteiger partial charge in [-0.25, -0.2) is 0 Å². The molecule has 0 amide bonds. The molecule has 0 saturated carbocycles. The summed E-state index contributed by atoms with van der Waals surface area (Å²) in [7, 11) is 0. The van der Waals surface area contributed by atoms with Crippen molar-refractivity contribution in [2.45, 2.75) is 13.8 Å². The van der Waals surface area contributed by atoms with Gasteiger partial charge in [0.25, 0.3) is 0 Å². The van der Waals surface area contributed by atoms with E-state index in [4.69, 9.17) is 22.7 Å². The van der Waals surface area contributed by atoms with Crippen LogP contribution in [-0.2, 0) is 0 Å². The largest absolute Gasteiger partial charge is 0.491 e. The molecule has 100 valence electrons. The fourth-order valence-electron chi connectivity index (χ4n) is 1.69. The van der Waals surface area contributed by atoms with E-state index in [0.717, 1.165) is 35.4 Å². The highest BCUT2D eigenvalue weighted by molar-refractivity contribution is 9.10. The molecule has 18 heavy (non-hydrogen) atoms. The van der Waals surface area contributed by atoms with Crippen molar-refractivity contribution in [1.29, 1.82) is 0 Å². The summed E-state index contributed by atoms with van der Waals surface area (Å²) in [6.07, 6.45) is 0. The predicted molar refractivity (Wildman–Crippen MR) is 83.3 cm³/mol. The zero-order valence-electron chi connectivity index (χ0n) is 10.8. The molecule has 1 aromatic rings. The van der Waals surface area contributed by atoms with E-state index in [1.54, 1.807) is 0 Å². The van der Waals surface area contributed by atoms with Crippen LogP contribution in [0.4, 0.5) is 0 Å². The number of hydrogen-bond acceptors (Lipinski definition) is 3. The highest BCUT2D eigenvalue weighted by atomic mass is 79.9. The Morgan fingerprint density at radius 2 is 2.06 bits per heavy atom. The molecular formula is C13H19BrN2OS. The van der Waals surface area contributed by atoms with Gasteiger partial charge in [0.05, 0.1) is 5.56 Å². The Morgan fingerprint density at radius 1 is 1.39 bits per heavy atom. The Morgan fingerprint density at radius 3 is 2.61 bits per heavy atom. The van der Waals surface area contributed by atoms with Gasteiger partial charge in [-0.1, -0.05) is 32.1 Å². The molecular weight excluding hydrogens is 312 g/mol. The van der Waals surface area contributed by atoms with Crippen LogP contribution < -0.4 is 10.5 Å². The number of ether oxygens (including phenoxy) is 1. The summed E-state index contributed by atoms with van der Waals surface area (Å²) in [5, 5.41) is 0. The minimum absolute atomic E-state index is 0.348. The summed E-state index contributed by atoms with van der Waals surface area (Å²) in [4.78, 5) is 2.65. The van der Waals surface area contributed by atoms with E-state index in [0.29, 0.717) is 11.6 Å². The predicted octanol–water partition coefficient (Wildman–Crippen LogP) is 2.80. The van der Waals surface area contributed by atoms with Gasteiger partial charge in [-0.2, -0.15) is 0 Å². The van der Waals surface area contributed by atoms with Crippen LogP contribution in [0.3, 0.4) is 0 Å². The van der Waals surface area contributed by atoms with Gasteiger partial charge in [0.1, 0.15) is 17.3 Å². The van der Waals surface area contributed by atoms with Crippen molar-refractivity contribution < 1.29 is 4.74 Å². The Balaban J connectivity index is 2.67. The maximum absolute atomic E-state index is 5.77. The summed E-state index contributed by atoms with van der Waals surface area (Å²) < 4.78 is 6.64. The summed E-state index contributed by atoms with van der Waals surface area (Å²) in [6, 6.07) is 5.71. The van der Waals surface area contributed by atoms with Crippen LogP contribution >= 0.6 is 28.1 Å². The van der Waals surface area contributed by atoms with Gasteiger partial charge in [0.2, 0.25) is 0 Å². The molecule has 0 aliphatic heterocycles. The van der Waals surface area contributed by atoms with E-state index in [1.165, 1.54) is 0 Å². The lowest BCUT2D eigenvalue weighted by atomic mass is 10.2. The minimum Gasteiger partial charge on any atom is -0.491 e. The molecule has 0 saturated heterocycles. The third-order valence-electron chi connectivity index (χ3n) is 2.78. The molecule has 1 aromatic carbocycles. The monoisotopic (exact) mass is 330 g/mol. The topological polar surface area (TPSA) is 38.5 Å². The molecule has 0 bridgehead atoms. The first-order chi connectivity index (χ1) is 8.60. The molecule has 0 atom stereocenters. The van der Waals surface area contributed by atoms with Gasteiger partial charge < -0.3 is 15.4 Å². The Bertz CT molecular complexity index is 408. The molecule has 5 heteroatoms. The maximum Gasteiger partial charge on any atom is 0.130 e. The number of nitrogens with two attached hydrogens (primary N) is 1. The summed E-state index contributed by atoms with van der Waals surface area (Å²) in [6.45, 7) is 7.87. The second-order valence-electron chi connectivity index (χ2n) is 3.85. The quantitative estimate of drug-likeness (QED) is 0.780. The average Bonchev–Trinajstić information content (AvgIpc) is 2.34. The molecule has 1 rings (SSSR count). The first kappa shape index (κ1) is 15.4. The van der Waals surface area contributed by atoms with Gasteiger partial charge in [0.15, 0.2) is 0 Å². The molecule has 0 spiro atoms. The van der Waals surface area contributed by atoms with E-state index in [1.807, 2.05) is 18.2 Å². The normalized spacial score (nSPS) is 10.7. The summed E-state index contributed by atoms with van der Waals surface area (Å²) in [5.74, 6) is 0.740. The molecule has 0 radical (unpaired) electrons. The van der Waals surface area contributed by atoms with Crippen LogP contribution in [0.2, 0.25) is 0 Å². The molecule has 2 N–H and O–H groups in total. The Labute approximate surface area is 122 Å². The van der Waals surface area contributed by atoms with Crippen molar-refractivity contribution in [1.82, 2.24) is 4.90 Å². The first-order valence-electron chi connectivity index (χ1n) is 6.03. The van der Waals surface area contributed by atoms with Crippen LogP contribution in [0.25, 0.3) is 0 Å².